The molecule has 1 fully saturated rings. The monoisotopic (exact) mass is 602 g/mol. The van der Waals surface area contributed by atoms with Crippen molar-refractivity contribution in [3.63, 3.8) is 0 Å². The molecule has 1 atom stereocenters. The Labute approximate surface area is 252 Å². The molecule has 2 aromatic heterocycles. The lowest BCUT2D eigenvalue weighted by molar-refractivity contribution is -0.163. The molecular formula is C31H30N4O5S2. The van der Waals surface area contributed by atoms with Gasteiger partial charge in [0, 0.05) is 39.5 Å². The molecule has 0 radical (unpaired) electrons. The Hall–Kier alpha value is -3.77. The number of hydrogen-bond acceptors (Lipinski definition) is 9. The number of aromatic nitrogens is 2. The topological polar surface area (TPSA) is 112 Å². The Morgan fingerprint density at radius 1 is 1.05 bits per heavy atom. The van der Waals surface area contributed by atoms with E-state index in [2.05, 4.69) is 20.6 Å². The van der Waals surface area contributed by atoms with E-state index in [1.54, 1.807) is 30.6 Å². The Bertz CT molecular complexity index is 1550. The fourth-order valence-corrected chi connectivity index (χ4v) is 6.42. The summed E-state index contributed by atoms with van der Waals surface area (Å²) in [5, 5.41) is 6.64. The van der Waals surface area contributed by atoms with Gasteiger partial charge in [-0.1, -0.05) is 23.9 Å². The van der Waals surface area contributed by atoms with Crippen molar-refractivity contribution in [2.45, 2.75) is 48.3 Å². The molecule has 6 rings (SSSR count). The van der Waals surface area contributed by atoms with Gasteiger partial charge in [0.15, 0.2) is 6.29 Å². The van der Waals surface area contributed by atoms with E-state index in [1.807, 2.05) is 36.4 Å². The van der Waals surface area contributed by atoms with E-state index in [0.29, 0.717) is 42.3 Å². The summed E-state index contributed by atoms with van der Waals surface area (Å²) in [6, 6.07) is 16.6. The van der Waals surface area contributed by atoms with Gasteiger partial charge in [-0.05, 0) is 61.7 Å². The quantitative estimate of drug-likeness (QED) is 0.208. The van der Waals surface area contributed by atoms with E-state index in [9.17, 15) is 9.59 Å². The van der Waals surface area contributed by atoms with Crippen molar-refractivity contribution in [1.82, 2.24) is 15.3 Å². The highest BCUT2D eigenvalue weighted by Gasteiger charge is 2.21. The number of benzene rings is 2. The number of pyridine rings is 1. The molecule has 2 aromatic carbocycles. The highest BCUT2D eigenvalue weighted by Crippen LogP contribution is 2.39. The molecule has 0 aliphatic carbocycles. The number of fused-ring (bicyclic) bond motifs is 2. The molecule has 42 heavy (non-hydrogen) atoms. The fraction of sp³-hybridized carbons (Fsp3) is 0.290. The number of carbonyl (C=O) groups is 2. The van der Waals surface area contributed by atoms with E-state index < -0.39 is 0 Å². The minimum Gasteiger partial charge on any atom is -0.492 e. The molecule has 0 bridgehead atoms. The van der Waals surface area contributed by atoms with Crippen molar-refractivity contribution in [3.8, 4) is 16.5 Å². The number of anilines is 1. The first-order valence-corrected chi connectivity index (χ1v) is 15.5. The van der Waals surface area contributed by atoms with Crippen LogP contribution in [0.15, 0.2) is 76.8 Å². The number of thiazole rings is 1. The van der Waals surface area contributed by atoms with Gasteiger partial charge in [0.05, 0.1) is 42.9 Å². The van der Waals surface area contributed by atoms with Crippen LogP contribution in [0.4, 0.5) is 5.69 Å². The summed E-state index contributed by atoms with van der Waals surface area (Å²) in [7, 11) is 0. The van der Waals surface area contributed by atoms with Gasteiger partial charge in [-0.3, -0.25) is 9.59 Å². The number of hydrogen-bond donors (Lipinski definition) is 2. The zero-order valence-electron chi connectivity index (χ0n) is 22.8. The van der Waals surface area contributed by atoms with Crippen LogP contribution in [0.2, 0.25) is 0 Å². The summed E-state index contributed by atoms with van der Waals surface area (Å²) in [6.07, 6.45) is 7.36. The van der Waals surface area contributed by atoms with Crippen LogP contribution >= 0.6 is 23.1 Å². The minimum absolute atomic E-state index is 0.0769. The van der Waals surface area contributed by atoms with Crippen molar-refractivity contribution in [3.05, 3.63) is 83.0 Å². The molecule has 11 heteroatoms. The second-order valence-corrected chi connectivity index (χ2v) is 12.0. The van der Waals surface area contributed by atoms with Gasteiger partial charge >= 0.3 is 0 Å². The van der Waals surface area contributed by atoms with Gasteiger partial charge in [-0.25, -0.2) is 9.97 Å². The Morgan fingerprint density at radius 3 is 2.83 bits per heavy atom. The van der Waals surface area contributed by atoms with Crippen molar-refractivity contribution < 1.29 is 23.8 Å². The molecule has 9 nitrogen and oxygen atoms in total. The molecule has 0 saturated carbocycles. The maximum Gasteiger partial charge on any atom is 0.256 e. The first-order chi connectivity index (χ1) is 20.6. The lowest BCUT2D eigenvalue weighted by Gasteiger charge is -2.22. The average Bonchev–Trinajstić information content (AvgIpc) is 3.45. The molecule has 4 heterocycles. The Kier molecular flexibility index (Phi) is 9.09. The van der Waals surface area contributed by atoms with Crippen molar-refractivity contribution in [2.75, 3.05) is 25.1 Å². The van der Waals surface area contributed by atoms with Gasteiger partial charge in [0.1, 0.15) is 10.8 Å². The molecular weight excluding hydrogens is 572 g/mol. The third-order valence-corrected chi connectivity index (χ3v) is 8.94. The van der Waals surface area contributed by atoms with Gasteiger partial charge in [0.2, 0.25) is 0 Å². The van der Waals surface area contributed by atoms with E-state index in [4.69, 9.17) is 14.2 Å². The number of nitrogens with zero attached hydrogens (tertiary/aromatic N) is 2. The van der Waals surface area contributed by atoms with Crippen LogP contribution in [0.5, 0.6) is 5.75 Å². The molecule has 2 N–H and O–H groups in total. The molecule has 1 unspecified atom stereocenters. The van der Waals surface area contributed by atoms with E-state index in [-0.39, 0.29) is 18.1 Å². The first-order valence-electron chi connectivity index (χ1n) is 13.9. The third kappa shape index (κ3) is 6.99. The van der Waals surface area contributed by atoms with Crippen LogP contribution in [0.1, 0.15) is 51.3 Å². The highest BCUT2D eigenvalue weighted by atomic mass is 32.2. The Balaban J connectivity index is 0.982. The van der Waals surface area contributed by atoms with E-state index in [1.165, 1.54) is 23.1 Å². The summed E-state index contributed by atoms with van der Waals surface area (Å²) in [5.74, 6) is 0.274. The van der Waals surface area contributed by atoms with Crippen LogP contribution in [-0.4, -0.2) is 47.9 Å². The van der Waals surface area contributed by atoms with Gasteiger partial charge in [-0.2, -0.15) is 0 Å². The maximum absolute atomic E-state index is 12.9. The SMILES string of the molecule is O=C(NCc1cnc(-c2ccc(OCCCOC3CCCCO3)cn2)s1)c1ccc2c(c1)NC(=O)c1ccccc1S2. The molecule has 2 aliphatic heterocycles. The van der Waals surface area contributed by atoms with Crippen molar-refractivity contribution in [2.24, 2.45) is 0 Å². The first kappa shape index (κ1) is 28.4. The van der Waals surface area contributed by atoms with Crippen LogP contribution in [0.25, 0.3) is 10.7 Å². The number of carbonyl (C=O) groups excluding carboxylic acids is 2. The lowest BCUT2D eigenvalue weighted by Crippen LogP contribution is -2.23. The second-order valence-electron chi connectivity index (χ2n) is 9.83. The summed E-state index contributed by atoms with van der Waals surface area (Å²) < 4.78 is 17.1. The molecule has 0 spiro atoms. The number of amides is 2. The molecule has 1 saturated heterocycles. The average molecular weight is 603 g/mol. The summed E-state index contributed by atoms with van der Waals surface area (Å²) >= 11 is 2.97. The molecule has 2 amide bonds. The van der Waals surface area contributed by atoms with Crippen LogP contribution in [0, 0.1) is 0 Å². The van der Waals surface area contributed by atoms with Crippen LogP contribution in [0.3, 0.4) is 0 Å². The minimum atomic E-state index is -0.231. The lowest BCUT2D eigenvalue weighted by atomic mass is 10.1. The van der Waals surface area contributed by atoms with Gasteiger partial charge in [-0.15, -0.1) is 11.3 Å². The number of nitrogens with one attached hydrogen (secondary N) is 2. The van der Waals surface area contributed by atoms with Crippen LogP contribution in [-0.2, 0) is 16.0 Å². The molecule has 4 aromatic rings. The maximum atomic E-state index is 12.9. The fourth-order valence-electron chi connectivity index (χ4n) is 4.58. The zero-order chi connectivity index (χ0) is 28.7. The third-order valence-electron chi connectivity index (χ3n) is 6.77. The normalized spacial score (nSPS) is 16.1. The van der Waals surface area contributed by atoms with Crippen molar-refractivity contribution in [1.29, 1.82) is 0 Å². The molecule has 2 aliphatic rings. The zero-order valence-corrected chi connectivity index (χ0v) is 24.5. The largest absolute Gasteiger partial charge is 0.492 e. The standard InChI is InChI=1S/C31H30N4O5S2/c36-29(20-9-12-27-25(16-20)35-30(37)23-6-1-2-7-26(23)42-27)33-18-22-19-34-31(41-22)24-11-10-21(17-32-24)38-14-5-15-40-28-8-3-4-13-39-28/h1-2,6-7,9-12,16-17,19,28H,3-5,8,13-15,18H2,(H,33,36)(H,35,37). The predicted octanol–water partition coefficient (Wildman–Crippen LogP) is 6.16. The highest BCUT2D eigenvalue weighted by molar-refractivity contribution is 7.99. The Morgan fingerprint density at radius 2 is 1.98 bits per heavy atom. The van der Waals surface area contributed by atoms with Gasteiger partial charge < -0.3 is 24.8 Å². The smallest absolute Gasteiger partial charge is 0.256 e. The predicted molar refractivity (Wildman–Crippen MR) is 161 cm³/mol. The summed E-state index contributed by atoms with van der Waals surface area (Å²) in [4.78, 5) is 37.2. The summed E-state index contributed by atoms with van der Waals surface area (Å²) in [6.45, 7) is 2.25. The second kappa shape index (κ2) is 13.5. The summed E-state index contributed by atoms with van der Waals surface area (Å²) in [5.41, 5.74) is 2.45. The van der Waals surface area contributed by atoms with Gasteiger partial charge in [0.25, 0.3) is 11.8 Å². The number of ether oxygens (including phenoxy) is 3. The number of rotatable bonds is 10. The van der Waals surface area contributed by atoms with E-state index in [0.717, 1.165) is 57.7 Å². The van der Waals surface area contributed by atoms with Crippen LogP contribution < -0.4 is 15.4 Å². The molecule has 216 valence electrons. The van der Waals surface area contributed by atoms with E-state index >= 15 is 0 Å². The van der Waals surface area contributed by atoms with Crippen molar-refractivity contribution >= 4 is 40.6 Å².